The maximum absolute atomic E-state index is 11.6. The lowest BCUT2D eigenvalue weighted by molar-refractivity contribution is -0.120. The molecule has 2 heterocycles. The van der Waals surface area contributed by atoms with Crippen LogP contribution >= 0.6 is 11.8 Å². The first-order valence-electron chi connectivity index (χ1n) is 5.46. The molecule has 1 amide bonds. The van der Waals surface area contributed by atoms with Crippen molar-refractivity contribution in [2.45, 2.75) is 24.5 Å². The van der Waals surface area contributed by atoms with Crippen molar-refractivity contribution in [1.82, 2.24) is 10.6 Å². The van der Waals surface area contributed by atoms with Gasteiger partial charge in [-0.15, -0.1) is 11.8 Å². The van der Waals surface area contributed by atoms with E-state index < -0.39 is 0 Å². The van der Waals surface area contributed by atoms with Crippen molar-refractivity contribution in [3.05, 3.63) is 0 Å². The Morgan fingerprint density at radius 2 is 2.21 bits per heavy atom. The van der Waals surface area contributed by atoms with Crippen LogP contribution in [0.4, 0.5) is 0 Å². The molecular formula is C10H18N2OS. The van der Waals surface area contributed by atoms with Crippen LogP contribution < -0.4 is 10.6 Å². The van der Waals surface area contributed by atoms with E-state index >= 15 is 0 Å². The molecule has 2 N–H and O–H groups in total. The Bertz CT molecular complexity index is 206. The van der Waals surface area contributed by atoms with E-state index in [1.54, 1.807) is 0 Å². The van der Waals surface area contributed by atoms with Gasteiger partial charge >= 0.3 is 0 Å². The second-order valence-electron chi connectivity index (χ2n) is 4.13. The van der Waals surface area contributed by atoms with Crippen molar-refractivity contribution in [3.8, 4) is 0 Å². The molecule has 0 aliphatic carbocycles. The van der Waals surface area contributed by atoms with Crippen molar-refractivity contribution >= 4 is 17.7 Å². The molecular weight excluding hydrogens is 196 g/mol. The first kappa shape index (κ1) is 10.3. The van der Waals surface area contributed by atoms with Gasteiger partial charge in [-0.25, -0.2) is 0 Å². The summed E-state index contributed by atoms with van der Waals surface area (Å²) in [5, 5.41) is 6.46. The first-order chi connectivity index (χ1) is 6.86. The molecule has 0 aromatic carbocycles. The van der Waals surface area contributed by atoms with Crippen molar-refractivity contribution < 1.29 is 4.79 Å². The standard InChI is InChI=1S/C10H18N2OS/c13-10-9(3-1-2-4-12-10)14-7-8-5-11-6-8/h8-9,11H,1-7H2,(H,12,13). The van der Waals surface area contributed by atoms with Crippen LogP contribution in [-0.4, -0.2) is 36.5 Å². The summed E-state index contributed by atoms with van der Waals surface area (Å²) < 4.78 is 0. The summed E-state index contributed by atoms with van der Waals surface area (Å²) in [6.07, 6.45) is 3.41. The highest BCUT2D eigenvalue weighted by Gasteiger charge is 2.24. The average molecular weight is 214 g/mol. The van der Waals surface area contributed by atoms with Crippen molar-refractivity contribution in [1.29, 1.82) is 0 Å². The highest BCUT2D eigenvalue weighted by atomic mass is 32.2. The Balaban J connectivity index is 1.73. The normalized spacial score (nSPS) is 29.1. The van der Waals surface area contributed by atoms with Gasteiger partial charge in [0.2, 0.25) is 5.91 Å². The van der Waals surface area contributed by atoms with Gasteiger partial charge in [-0.05, 0) is 37.6 Å². The highest BCUT2D eigenvalue weighted by Crippen LogP contribution is 2.23. The molecule has 0 bridgehead atoms. The molecule has 1 unspecified atom stereocenters. The number of hydrogen-bond acceptors (Lipinski definition) is 3. The molecule has 14 heavy (non-hydrogen) atoms. The van der Waals surface area contributed by atoms with Crippen LogP contribution in [0.15, 0.2) is 0 Å². The van der Waals surface area contributed by atoms with E-state index in [1.807, 2.05) is 11.8 Å². The molecule has 2 aliphatic rings. The highest BCUT2D eigenvalue weighted by molar-refractivity contribution is 8.00. The molecule has 3 nitrogen and oxygen atoms in total. The maximum Gasteiger partial charge on any atom is 0.233 e. The molecule has 2 rings (SSSR count). The third kappa shape index (κ3) is 2.64. The minimum absolute atomic E-state index is 0.220. The SMILES string of the molecule is O=C1NCCCCC1SCC1CNC1. The number of thioether (sulfide) groups is 1. The minimum Gasteiger partial charge on any atom is -0.355 e. The van der Waals surface area contributed by atoms with Gasteiger partial charge < -0.3 is 10.6 Å². The van der Waals surface area contributed by atoms with Crippen LogP contribution in [0.5, 0.6) is 0 Å². The van der Waals surface area contributed by atoms with E-state index in [9.17, 15) is 4.79 Å². The van der Waals surface area contributed by atoms with Gasteiger partial charge in [0, 0.05) is 6.54 Å². The second-order valence-corrected chi connectivity index (χ2v) is 5.37. The topological polar surface area (TPSA) is 41.1 Å². The van der Waals surface area contributed by atoms with E-state index in [0.717, 1.165) is 44.1 Å². The molecule has 4 heteroatoms. The smallest absolute Gasteiger partial charge is 0.233 e. The van der Waals surface area contributed by atoms with E-state index in [2.05, 4.69) is 10.6 Å². The summed E-state index contributed by atoms with van der Waals surface area (Å²) in [6.45, 7) is 3.16. The monoisotopic (exact) mass is 214 g/mol. The lowest BCUT2D eigenvalue weighted by atomic mass is 10.1. The number of hydrogen-bond donors (Lipinski definition) is 2. The summed E-state index contributed by atoms with van der Waals surface area (Å²) in [4.78, 5) is 11.6. The lowest BCUT2D eigenvalue weighted by Gasteiger charge is -2.27. The van der Waals surface area contributed by atoms with Crippen molar-refractivity contribution in [2.75, 3.05) is 25.4 Å². The number of carbonyl (C=O) groups excluding carboxylic acids is 1. The van der Waals surface area contributed by atoms with Gasteiger partial charge in [-0.2, -0.15) is 0 Å². The zero-order chi connectivity index (χ0) is 9.80. The van der Waals surface area contributed by atoms with Gasteiger partial charge in [-0.1, -0.05) is 6.42 Å². The average Bonchev–Trinajstić information content (AvgIpc) is 2.29. The van der Waals surface area contributed by atoms with E-state index in [0.29, 0.717) is 0 Å². The Kier molecular flexibility index (Phi) is 3.70. The zero-order valence-corrected chi connectivity index (χ0v) is 9.24. The number of rotatable bonds is 3. The fraction of sp³-hybridized carbons (Fsp3) is 0.900. The molecule has 0 radical (unpaired) electrons. The van der Waals surface area contributed by atoms with Gasteiger partial charge in [0.15, 0.2) is 0 Å². The molecule has 2 saturated heterocycles. The number of nitrogens with one attached hydrogen (secondary N) is 2. The van der Waals surface area contributed by atoms with E-state index in [4.69, 9.17) is 0 Å². The summed E-state index contributed by atoms with van der Waals surface area (Å²) >= 11 is 1.85. The Morgan fingerprint density at radius 1 is 1.36 bits per heavy atom. The van der Waals surface area contributed by atoms with Crippen molar-refractivity contribution in [3.63, 3.8) is 0 Å². The van der Waals surface area contributed by atoms with Crippen LogP contribution in [0.2, 0.25) is 0 Å². The molecule has 2 fully saturated rings. The van der Waals surface area contributed by atoms with E-state index in [-0.39, 0.29) is 11.2 Å². The Hall–Kier alpha value is -0.220. The summed E-state index contributed by atoms with van der Waals surface area (Å²) in [6, 6.07) is 0. The van der Waals surface area contributed by atoms with Gasteiger partial charge in [0.25, 0.3) is 0 Å². The fourth-order valence-electron chi connectivity index (χ4n) is 1.79. The van der Waals surface area contributed by atoms with Gasteiger partial charge in [0.05, 0.1) is 5.25 Å². The third-order valence-electron chi connectivity index (χ3n) is 2.88. The zero-order valence-electron chi connectivity index (χ0n) is 8.42. The van der Waals surface area contributed by atoms with Crippen LogP contribution in [0, 0.1) is 5.92 Å². The summed E-state index contributed by atoms with van der Waals surface area (Å²) in [5.41, 5.74) is 0. The number of carbonyl (C=O) groups is 1. The second kappa shape index (κ2) is 5.03. The Morgan fingerprint density at radius 3 is 2.93 bits per heavy atom. The largest absolute Gasteiger partial charge is 0.355 e. The predicted molar refractivity (Wildman–Crippen MR) is 59.5 cm³/mol. The van der Waals surface area contributed by atoms with Crippen molar-refractivity contribution in [2.24, 2.45) is 5.92 Å². The van der Waals surface area contributed by atoms with Gasteiger partial charge in [0.1, 0.15) is 0 Å². The third-order valence-corrected chi connectivity index (χ3v) is 4.40. The quantitative estimate of drug-likeness (QED) is 0.723. The molecule has 0 aromatic heterocycles. The minimum atomic E-state index is 0.220. The van der Waals surface area contributed by atoms with Crippen LogP contribution in [0.3, 0.4) is 0 Å². The number of amides is 1. The molecule has 1 atom stereocenters. The summed E-state index contributed by atoms with van der Waals surface area (Å²) in [7, 11) is 0. The fourth-order valence-corrected chi connectivity index (χ4v) is 3.10. The first-order valence-corrected chi connectivity index (χ1v) is 6.51. The molecule has 80 valence electrons. The molecule has 0 saturated carbocycles. The lowest BCUT2D eigenvalue weighted by Crippen LogP contribution is -2.44. The maximum atomic E-state index is 11.6. The molecule has 0 spiro atoms. The van der Waals surface area contributed by atoms with Crippen LogP contribution in [0.1, 0.15) is 19.3 Å². The predicted octanol–water partition coefficient (Wildman–Crippen LogP) is 0.608. The van der Waals surface area contributed by atoms with E-state index in [1.165, 1.54) is 6.42 Å². The van der Waals surface area contributed by atoms with Crippen LogP contribution in [0.25, 0.3) is 0 Å². The van der Waals surface area contributed by atoms with Gasteiger partial charge in [-0.3, -0.25) is 4.79 Å². The summed E-state index contributed by atoms with van der Waals surface area (Å²) in [5.74, 6) is 2.21. The molecule has 0 aromatic rings. The molecule has 2 aliphatic heterocycles. The van der Waals surface area contributed by atoms with Crippen LogP contribution in [-0.2, 0) is 4.79 Å². The Labute approximate surface area is 89.4 Å².